The van der Waals surface area contributed by atoms with Gasteiger partial charge in [-0.3, -0.25) is 9.59 Å². The fourth-order valence-electron chi connectivity index (χ4n) is 3.31. The molecule has 2 aromatic rings. The molecule has 0 aliphatic carbocycles. The van der Waals surface area contributed by atoms with E-state index in [0.29, 0.717) is 26.2 Å². The van der Waals surface area contributed by atoms with Gasteiger partial charge in [0.05, 0.1) is 11.9 Å². The molecule has 3 rings (SSSR count). The van der Waals surface area contributed by atoms with Gasteiger partial charge in [-0.05, 0) is 37.0 Å². The summed E-state index contributed by atoms with van der Waals surface area (Å²) in [5.41, 5.74) is 1.60. The maximum atomic E-state index is 12.9. The number of piperidine rings is 1. The highest BCUT2D eigenvalue weighted by Gasteiger charge is 2.25. The van der Waals surface area contributed by atoms with Crippen molar-refractivity contribution in [3.8, 4) is 0 Å². The third-order valence-electron chi connectivity index (χ3n) is 4.90. The standard InChI is InChI=1S/C20H25FN4O2/c1-2-9-25-19(26)12-18(14-23-25)24-10-7-16(8-11-24)20(27)22-13-15-3-5-17(21)6-4-15/h3-6,12,14,16H,2,7-11,13H2,1H3,(H,22,27). The van der Waals surface area contributed by atoms with Crippen molar-refractivity contribution in [2.75, 3.05) is 18.0 Å². The first-order chi connectivity index (χ1) is 13.1. The lowest BCUT2D eigenvalue weighted by Crippen LogP contribution is -2.41. The summed E-state index contributed by atoms with van der Waals surface area (Å²) in [6, 6.07) is 7.75. The van der Waals surface area contributed by atoms with E-state index in [0.717, 1.165) is 30.5 Å². The van der Waals surface area contributed by atoms with Crippen LogP contribution >= 0.6 is 0 Å². The van der Waals surface area contributed by atoms with Crippen LogP contribution in [0.4, 0.5) is 10.1 Å². The second-order valence-corrected chi connectivity index (χ2v) is 6.88. The number of aryl methyl sites for hydroxylation is 1. The van der Waals surface area contributed by atoms with Crippen molar-refractivity contribution in [3.63, 3.8) is 0 Å². The van der Waals surface area contributed by atoms with Crippen molar-refractivity contribution in [1.29, 1.82) is 0 Å². The smallest absolute Gasteiger partial charge is 0.268 e. The summed E-state index contributed by atoms with van der Waals surface area (Å²) in [7, 11) is 0. The molecule has 6 nitrogen and oxygen atoms in total. The van der Waals surface area contributed by atoms with Crippen molar-refractivity contribution >= 4 is 11.6 Å². The van der Waals surface area contributed by atoms with Crippen LogP contribution in [-0.2, 0) is 17.9 Å². The zero-order valence-corrected chi connectivity index (χ0v) is 15.5. The minimum absolute atomic E-state index is 0.0236. The van der Waals surface area contributed by atoms with E-state index >= 15 is 0 Å². The van der Waals surface area contributed by atoms with Crippen molar-refractivity contribution in [2.24, 2.45) is 5.92 Å². The highest BCUT2D eigenvalue weighted by molar-refractivity contribution is 5.79. The fourth-order valence-corrected chi connectivity index (χ4v) is 3.31. The van der Waals surface area contributed by atoms with Gasteiger partial charge in [-0.1, -0.05) is 19.1 Å². The minimum Gasteiger partial charge on any atom is -0.370 e. The number of hydrogen-bond acceptors (Lipinski definition) is 4. The number of amides is 1. The zero-order chi connectivity index (χ0) is 19.2. The van der Waals surface area contributed by atoms with E-state index in [4.69, 9.17) is 0 Å². The van der Waals surface area contributed by atoms with Crippen LogP contribution in [0.5, 0.6) is 0 Å². The average Bonchev–Trinajstić information content (AvgIpc) is 2.69. The normalized spacial score (nSPS) is 15.0. The molecule has 1 saturated heterocycles. The largest absolute Gasteiger partial charge is 0.370 e. The van der Waals surface area contributed by atoms with Crippen LogP contribution in [0.15, 0.2) is 41.3 Å². The van der Waals surface area contributed by atoms with Crippen LogP contribution in [0.2, 0.25) is 0 Å². The van der Waals surface area contributed by atoms with Gasteiger partial charge < -0.3 is 10.2 Å². The predicted octanol–water partition coefficient (Wildman–Crippen LogP) is 2.33. The van der Waals surface area contributed by atoms with Gasteiger partial charge in [0.15, 0.2) is 0 Å². The molecule has 1 N–H and O–H groups in total. The molecule has 0 spiro atoms. The van der Waals surface area contributed by atoms with Crippen molar-refractivity contribution in [2.45, 2.75) is 39.3 Å². The average molecular weight is 372 g/mol. The third-order valence-corrected chi connectivity index (χ3v) is 4.90. The summed E-state index contributed by atoms with van der Waals surface area (Å²) in [4.78, 5) is 26.6. The van der Waals surface area contributed by atoms with Crippen LogP contribution in [0.3, 0.4) is 0 Å². The van der Waals surface area contributed by atoms with Gasteiger partial charge in [-0.25, -0.2) is 9.07 Å². The molecule has 0 atom stereocenters. The molecule has 1 aromatic carbocycles. The molecule has 1 fully saturated rings. The Morgan fingerprint density at radius 2 is 1.96 bits per heavy atom. The number of benzene rings is 1. The minimum atomic E-state index is -0.283. The van der Waals surface area contributed by atoms with Gasteiger partial charge in [0.1, 0.15) is 5.82 Å². The number of hydrogen-bond donors (Lipinski definition) is 1. The summed E-state index contributed by atoms with van der Waals surface area (Å²) in [6.45, 7) is 4.46. The maximum absolute atomic E-state index is 12.9. The Morgan fingerprint density at radius 1 is 1.26 bits per heavy atom. The van der Waals surface area contributed by atoms with Gasteiger partial charge >= 0.3 is 0 Å². The predicted molar refractivity (Wildman–Crippen MR) is 102 cm³/mol. The SMILES string of the molecule is CCCn1ncc(N2CCC(C(=O)NCc3ccc(F)cc3)CC2)cc1=O. The monoisotopic (exact) mass is 372 g/mol. The third kappa shape index (κ3) is 4.93. The Morgan fingerprint density at radius 3 is 2.59 bits per heavy atom. The molecule has 2 heterocycles. The molecule has 0 bridgehead atoms. The van der Waals surface area contributed by atoms with Gasteiger partial charge in [0.2, 0.25) is 5.91 Å². The molecule has 1 aliphatic rings. The summed E-state index contributed by atoms with van der Waals surface area (Å²) >= 11 is 0. The Hall–Kier alpha value is -2.70. The molecule has 144 valence electrons. The van der Waals surface area contributed by atoms with E-state index in [2.05, 4.69) is 15.3 Å². The molecular formula is C20H25FN4O2. The van der Waals surface area contributed by atoms with Crippen molar-refractivity contribution in [1.82, 2.24) is 15.1 Å². The number of nitrogens with zero attached hydrogens (tertiary/aromatic N) is 3. The van der Waals surface area contributed by atoms with E-state index in [1.54, 1.807) is 24.4 Å². The second kappa shape index (κ2) is 8.79. The number of aromatic nitrogens is 2. The van der Waals surface area contributed by atoms with Crippen molar-refractivity contribution in [3.05, 3.63) is 58.3 Å². The number of anilines is 1. The maximum Gasteiger partial charge on any atom is 0.268 e. The summed E-state index contributed by atoms with van der Waals surface area (Å²) < 4.78 is 14.4. The Bertz CT molecular complexity index is 827. The topological polar surface area (TPSA) is 67.2 Å². The number of halogens is 1. The Kier molecular flexibility index (Phi) is 6.21. The van der Waals surface area contributed by atoms with Crippen molar-refractivity contribution < 1.29 is 9.18 Å². The molecule has 7 heteroatoms. The van der Waals surface area contributed by atoms with Crippen LogP contribution < -0.4 is 15.8 Å². The Labute approximate surface area is 158 Å². The van der Waals surface area contributed by atoms with Crippen LogP contribution in [0.1, 0.15) is 31.7 Å². The number of nitrogens with one attached hydrogen (secondary N) is 1. The molecule has 0 radical (unpaired) electrons. The van der Waals surface area contributed by atoms with Crippen LogP contribution in [0, 0.1) is 11.7 Å². The first-order valence-electron chi connectivity index (χ1n) is 9.41. The first kappa shape index (κ1) is 19.1. The molecule has 0 saturated carbocycles. The molecule has 1 amide bonds. The lowest BCUT2D eigenvalue weighted by Gasteiger charge is -2.32. The first-order valence-corrected chi connectivity index (χ1v) is 9.41. The van der Waals surface area contributed by atoms with E-state index in [-0.39, 0.29) is 23.2 Å². The molecule has 1 aromatic heterocycles. The van der Waals surface area contributed by atoms with Crippen LogP contribution in [-0.4, -0.2) is 28.8 Å². The molecule has 0 unspecified atom stereocenters. The Balaban J connectivity index is 1.50. The lowest BCUT2D eigenvalue weighted by atomic mass is 9.95. The highest BCUT2D eigenvalue weighted by Crippen LogP contribution is 2.22. The number of rotatable bonds is 6. The summed E-state index contributed by atoms with van der Waals surface area (Å²) in [6.07, 6.45) is 4.05. The molecular weight excluding hydrogens is 347 g/mol. The zero-order valence-electron chi connectivity index (χ0n) is 15.5. The van der Waals surface area contributed by atoms with E-state index < -0.39 is 0 Å². The molecule has 1 aliphatic heterocycles. The molecule has 27 heavy (non-hydrogen) atoms. The fraction of sp³-hybridized carbons (Fsp3) is 0.450. The van der Waals surface area contributed by atoms with Crippen LogP contribution in [0.25, 0.3) is 0 Å². The van der Waals surface area contributed by atoms with E-state index in [1.807, 2.05) is 6.92 Å². The van der Waals surface area contributed by atoms with E-state index in [1.165, 1.54) is 16.8 Å². The summed E-state index contributed by atoms with van der Waals surface area (Å²) in [5.74, 6) is -0.306. The number of carbonyl (C=O) groups is 1. The summed E-state index contributed by atoms with van der Waals surface area (Å²) in [5, 5.41) is 7.15. The van der Waals surface area contributed by atoms with Gasteiger partial charge in [0.25, 0.3) is 5.56 Å². The second-order valence-electron chi connectivity index (χ2n) is 6.88. The quantitative estimate of drug-likeness (QED) is 0.845. The highest BCUT2D eigenvalue weighted by atomic mass is 19.1. The van der Waals surface area contributed by atoms with Gasteiger partial charge in [-0.15, -0.1) is 0 Å². The lowest BCUT2D eigenvalue weighted by molar-refractivity contribution is -0.125. The van der Waals surface area contributed by atoms with Gasteiger partial charge in [-0.2, -0.15) is 5.10 Å². The number of carbonyl (C=O) groups excluding carboxylic acids is 1. The van der Waals surface area contributed by atoms with E-state index in [9.17, 15) is 14.0 Å². The van der Waals surface area contributed by atoms with Gasteiger partial charge in [0, 0.05) is 38.2 Å².